The van der Waals surface area contributed by atoms with Crippen molar-refractivity contribution in [2.75, 3.05) is 13.6 Å². The molecule has 1 unspecified atom stereocenters. The van der Waals surface area contributed by atoms with Crippen LogP contribution in [0.4, 0.5) is 0 Å². The number of hydrogen-bond acceptors (Lipinski definition) is 4. The summed E-state index contributed by atoms with van der Waals surface area (Å²) in [6, 6.07) is 6.85. The van der Waals surface area contributed by atoms with Crippen LogP contribution in [0, 0.1) is 4.91 Å². The highest BCUT2D eigenvalue weighted by Crippen LogP contribution is 2.40. The molecule has 1 aliphatic rings. The van der Waals surface area contributed by atoms with Gasteiger partial charge in [0.15, 0.2) is 0 Å². The van der Waals surface area contributed by atoms with Crippen molar-refractivity contribution in [1.82, 2.24) is 5.01 Å². The SMILES string of the molecule is CN(CC(c1ccc(O)cc1)C1(O)CCCCC1)N=O. The lowest BCUT2D eigenvalue weighted by atomic mass is 9.72. The number of nitrogens with zero attached hydrogens (tertiary/aromatic N) is 2. The van der Waals surface area contributed by atoms with Crippen molar-refractivity contribution in [2.24, 2.45) is 5.29 Å². The van der Waals surface area contributed by atoms with E-state index in [2.05, 4.69) is 5.29 Å². The average molecular weight is 278 g/mol. The molecule has 0 saturated heterocycles. The predicted molar refractivity (Wildman–Crippen MR) is 77.3 cm³/mol. The molecule has 0 amide bonds. The minimum absolute atomic E-state index is 0.175. The van der Waals surface area contributed by atoms with Crippen LogP contribution in [0.25, 0.3) is 0 Å². The Bertz CT molecular complexity index is 441. The summed E-state index contributed by atoms with van der Waals surface area (Å²) >= 11 is 0. The lowest BCUT2D eigenvalue weighted by Crippen LogP contribution is -2.42. The van der Waals surface area contributed by atoms with Crippen molar-refractivity contribution in [1.29, 1.82) is 0 Å². The topological polar surface area (TPSA) is 73.1 Å². The Kier molecular flexibility index (Phi) is 4.60. The predicted octanol–water partition coefficient (Wildman–Crippen LogP) is 2.78. The molecule has 1 atom stereocenters. The van der Waals surface area contributed by atoms with Crippen LogP contribution in [-0.2, 0) is 0 Å². The lowest BCUT2D eigenvalue weighted by Gasteiger charge is -2.40. The number of nitroso groups, excluding NO2 is 1. The number of likely N-dealkylation sites (N-methyl/N-ethyl adjacent to an activating group) is 1. The Morgan fingerprint density at radius 2 is 1.85 bits per heavy atom. The van der Waals surface area contributed by atoms with Gasteiger partial charge in [0.2, 0.25) is 0 Å². The van der Waals surface area contributed by atoms with E-state index in [-0.39, 0.29) is 11.7 Å². The highest BCUT2D eigenvalue weighted by molar-refractivity contribution is 5.30. The molecule has 2 N–H and O–H groups in total. The van der Waals surface area contributed by atoms with E-state index in [1.165, 1.54) is 5.01 Å². The standard InChI is InChI=1S/C15H22N2O3/c1-17(16-20)11-14(12-5-7-13(18)8-6-12)15(19)9-3-2-4-10-15/h5-8,14,18-19H,2-4,9-11H2,1H3. The maximum absolute atomic E-state index is 11.0. The molecule has 1 aromatic rings. The van der Waals surface area contributed by atoms with Crippen LogP contribution in [-0.4, -0.2) is 34.4 Å². The van der Waals surface area contributed by atoms with Crippen LogP contribution in [0.15, 0.2) is 29.6 Å². The third-order valence-electron chi connectivity index (χ3n) is 4.25. The zero-order valence-corrected chi connectivity index (χ0v) is 11.8. The van der Waals surface area contributed by atoms with E-state index >= 15 is 0 Å². The lowest BCUT2D eigenvalue weighted by molar-refractivity contribution is -0.0292. The number of aliphatic hydroxyl groups is 1. The largest absolute Gasteiger partial charge is 0.508 e. The highest BCUT2D eigenvalue weighted by Gasteiger charge is 2.39. The van der Waals surface area contributed by atoms with Gasteiger partial charge >= 0.3 is 0 Å². The van der Waals surface area contributed by atoms with Gasteiger partial charge in [-0.1, -0.05) is 31.4 Å². The van der Waals surface area contributed by atoms with E-state index in [1.54, 1.807) is 19.2 Å². The van der Waals surface area contributed by atoms with Gasteiger partial charge in [0.05, 0.1) is 10.9 Å². The number of aromatic hydroxyl groups is 1. The maximum Gasteiger partial charge on any atom is 0.115 e. The van der Waals surface area contributed by atoms with Gasteiger partial charge in [0.1, 0.15) is 5.75 Å². The molecule has 5 heteroatoms. The van der Waals surface area contributed by atoms with E-state index in [4.69, 9.17) is 0 Å². The molecular formula is C15H22N2O3. The Hall–Kier alpha value is -1.62. The van der Waals surface area contributed by atoms with Gasteiger partial charge in [0, 0.05) is 19.5 Å². The van der Waals surface area contributed by atoms with Gasteiger partial charge in [-0.3, -0.25) is 5.01 Å². The quantitative estimate of drug-likeness (QED) is 0.641. The van der Waals surface area contributed by atoms with Crippen molar-refractivity contribution in [3.8, 4) is 5.75 Å². The summed E-state index contributed by atoms with van der Waals surface area (Å²) in [6.07, 6.45) is 4.63. The first-order valence-corrected chi connectivity index (χ1v) is 7.11. The zero-order chi connectivity index (χ0) is 14.6. The van der Waals surface area contributed by atoms with Crippen LogP contribution in [0.1, 0.15) is 43.6 Å². The van der Waals surface area contributed by atoms with Gasteiger partial charge < -0.3 is 10.2 Å². The molecule has 20 heavy (non-hydrogen) atoms. The molecule has 1 saturated carbocycles. The van der Waals surface area contributed by atoms with E-state index in [9.17, 15) is 15.1 Å². The fraction of sp³-hybridized carbons (Fsp3) is 0.600. The van der Waals surface area contributed by atoms with Crippen LogP contribution in [0.2, 0.25) is 0 Å². The van der Waals surface area contributed by atoms with E-state index in [0.717, 1.165) is 37.7 Å². The Labute approximate surface area is 119 Å². The number of hydrogen-bond donors (Lipinski definition) is 2. The second kappa shape index (κ2) is 6.22. The Morgan fingerprint density at radius 3 is 2.40 bits per heavy atom. The summed E-state index contributed by atoms with van der Waals surface area (Å²) in [6.45, 7) is 0.380. The van der Waals surface area contributed by atoms with Crippen LogP contribution >= 0.6 is 0 Å². The summed E-state index contributed by atoms with van der Waals surface area (Å²) in [7, 11) is 1.62. The maximum atomic E-state index is 11.0. The van der Waals surface area contributed by atoms with Gasteiger partial charge in [-0.05, 0) is 30.5 Å². The number of benzene rings is 1. The first kappa shape index (κ1) is 14.8. The van der Waals surface area contributed by atoms with E-state index in [0.29, 0.717) is 6.54 Å². The molecule has 1 aliphatic carbocycles. The molecule has 110 valence electrons. The minimum Gasteiger partial charge on any atom is -0.508 e. The van der Waals surface area contributed by atoms with Gasteiger partial charge in [-0.2, -0.15) is 0 Å². The molecule has 0 heterocycles. The van der Waals surface area contributed by atoms with Crippen molar-refractivity contribution in [3.05, 3.63) is 34.7 Å². The van der Waals surface area contributed by atoms with Crippen LogP contribution in [0.5, 0.6) is 5.75 Å². The Balaban J connectivity index is 2.28. The highest BCUT2D eigenvalue weighted by atomic mass is 16.3. The fourth-order valence-electron chi connectivity index (χ4n) is 3.10. The Morgan fingerprint density at radius 1 is 1.25 bits per heavy atom. The molecule has 5 nitrogen and oxygen atoms in total. The first-order chi connectivity index (χ1) is 9.55. The zero-order valence-electron chi connectivity index (χ0n) is 11.8. The number of rotatable bonds is 5. The molecule has 1 aromatic carbocycles. The summed E-state index contributed by atoms with van der Waals surface area (Å²) in [5, 5.41) is 24.6. The minimum atomic E-state index is -0.797. The molecule has 0 bridgehead atoms. The van der Waals surface area contributed by atoms with Crippen molar-refractivity contribution in [3.63, 3.8) is 0 Å². The van der Waals surface area contributed by atoms with Crippen LogP contribution < -0.4 is 0 Å². The third-order valence-corrected chi connectivity index (χ3v) is 4.25. The smallest absolute Gasteiger partial charge is 0.115 e. The molecule has 2 rings (SSSR count). The number of phenolic OH excluding ortho intramolecular Hbond substituents is 1. The number of phenols is 1. The van der Waals surface area contributed by atoms with Gasteiger partial charge in [-0.15, -0.1) is 4.91 Å². The third kappa shape index (κ3) is 3.28. The summed E-state index contributed by atoms with van der Waals surface area (Å²) in [5.41, 5.74) is 0.136. The summed E-state index contributed by atoms with van der Waals surface area (Å²) < 4.78 is 0. The fourth-order valence-corrected chi connectivity index (χ4v) is 3.10. The first-order valence-electron chi connectivity index (χ1n) is 7.11. The van der Waals surface area contributed by atoms with Gasteiger partial charge in [-0.25, -0.2) is 0 Å². The second-order valence-corrected chi connectivity index (χ2v) is 5.73. The molecule has 0 aliphatic heterocycles. The summed E-state index contributed by atoms with van der Waals surface area (Å²) in [5.74, 6) is 0.0242. The van der Waals surface area contributed by atoms with Crippen molar-refractivity contribution in [2.45, 2.75) is 43.6 Å². The monoisotopic (exact) mass is 278 g/mol. The van der Waals surface area contributed by atoms with E-state index < -0.39 is 5.60 Å². The van der Waals surface area contributed by atoms with Crippen molar-refractivity contribution >= 4 is 0 Å². The van der Waals surface area contributed by atoms with Crippen LogP contribution in [0.3, 0.4) is 0 Å². The second-order valence-electron chi connectivity index (χ2n) is 5.73. The van der Waals surface area contributed by atoms with Crippen molar-refractivity contribution < 1.29 is 10.2 Å². The molecule has 1 fully saturated rings. The normalized spacial score (nSPS) is 19.3. The molecular weight excluding hydrogens is 256 g/mol. The van der Waals surface area contributed by atoms with E-state index in [1.807, 2.05) is 12.1 Å². The average Bonchev–Trinajstić information content (AvgIpc) is 2.46. The molecule has 0 aromatic heterocycles. The molecule has 0 radical (unpaired) electrons. The van der Waals surface area contributed by atoms with Gasteiger partial charge in [0.25, 0.3) is 0 Å². The molecule has 0 spiro atoms. The summed E-state index contributed by atoms with van der Waals surface area (Å²) in [4.78, 5) is 10.7.